The van der Waals surface area contributed by atoms with Gasteiger partial charge < -0.3 is 9.30 Å². The Morgan fingerprint density at radius 1 is 1.43 bits per heavy atom. The van der Waals surface area contributed by atoms with E-state index in [4.69, 9.17) is 16.3 Å². The van der Waals surface area contributed by atoms with E-state index in [1.165, 1.54) is 0 Å². The molecule has 0 spiro atoms. The minimum Gasteiger partial charge on any atom is -0.491 e. The third-order valence-electron chi connectivity index (χ3n) is 3.20. The molecule has 0 aliphatic rings. The quantitative estimate of drug-likeness (QED) is 0.700. The molecule has 116 valence electrons. The second-order valence-electron chi connectivity index (χ2n) is 4.87. The SMILES string of the molecule is CCCOc1cccc2c1nc(CCCl)n2CCS(C)=O. The molecule has 2 aromatic rings. The third-order valence-corrected chi connectivity index (χ3v) is 4.15. The average molecular weight is 329 g/mol. The molecule has 4 nitrogen and oxygen atoms in total. The number of hydrogen-bond acceptors (Lipinski definition) is 3. The lowest BCUT2D eigenvalue weighted by atomic mass is 10.3. The van der Waals surface area contributed by atoms with Gasteiger partial charge in [-0.3, -0.25) is 4.21 Å². The van der Waals surface area contributed by atoms with Crippen molar-refractivity contribution in [3.05, 3.63) is 24.0 Å². The van der Waals surface area contributed by atoms with Crippen LogP contribution >= 0.6 is 11.6 Å². The van der Waals surface area contributed by atoms with Gasteiger partial charge in [-0.05, 0) is 18.6 Å². The first kappa shape index (κ1) is 16.3. The normalized spacial score (nSPS) is 12.7. The van der Waals surface area contributed by atoms with E-state index < -0.39 is 10.8 Å². The van der Waals surface area contributed by atoms with E-state index in [0.29, 0.717) is 31.2 Å². The minimum atomic E-state index is -0.828. The van der Waals surface area contributed by atoms with Gasteiger partial charge in [-0.1, -0.05) is 13.0 Å². The zero-order valence-corrected chi connectivity index (χ0v) is 14.0. The molecule has 0 saturated heterocycles. The Hall–Kier alpha value is -1.07. The highest BCUT2D eigenvalue weighted by Crippen LogP contribution is 2.26. The summed E-state index contributed by atoms with van der Waals surface area (Å²) in [4.78, 5) is 4.69. The number of para-hydroxylation sites is 1. The predicted octanol–water partition coefficient (Wildman–Crippen LogP) is 2.98. The Balaban J connectivity index is 2.43. The van der Waals surface area contributed by atoms with E-state index in [1.54, 1.807) is 6.26 Å². The number of imidazole rings is 1. The van der Waals surface area contributed by atoms with E-state index in [-0.39, 0.29) is 0 Å². The molecule has 1 unspecified atom stereocenters. The molecule has 0 saturated carbocycles. The number of aromatic nitrogens is 2. The van der Waals surface area contributed by atoms with Crippen molar-refractivity contribution in [3.63, 3.8) is 0 Å². The smallest absolute Gasteiger partial charge is 0.147 e. The standard InChI is InChI=1S/C15H21ClN2O2S/c1-3-10-20-13-6-4-5-12-15(13)17-14(7-8-16)18(12)9-11-21(2)19/h4-6H,3,7-11H2,1-2H3. The van der Waals surface area contributed by atoms with Gasteiger partial charge in [0.25, 0.3) is 0 Å². The van der Waals surface area contributed by atoms with Crippen LogP contribution in [-0.4, -0.2) is 38.3 Å². The van der Waals surface area contributed by atoms with Crippen molar-refractivity contribution in [2.75, 3.05) is 24.5 Å². The van der Waals surface area contributed by atoms with Gasteiger partial charge in [0.1, 0.15) is 17.1 Å². The zero-order chi connectivity index (χ0) is 15.2. The lowest BCUT2D eigenvalue weighted by molar-refractivity contribution is 0.320. The monoisotopic (exact) mass is 328 g/mol. The van der Waals surface area contributed by atoms with Crippen molar-refractivity contribution in [2.45, 2.75) is 26.3 Å². The first-order chi connectivity index (χ1) is 10.2. The lowest BCUT2D eigenvalue weighted by Crippen LogP contribution is -2.10. The number of benzene rings is 1. The van der Waals surface area contributed by atoms with Gasteiger partial charge in [-0.15, -0.1) is 11.6 Å². The van der Waals surface area contributed by atoms with Crippen LogP contribution < -0.4 is 4.74 Å². The summed E-state index contributed by atoms with van der Waals surface area (Å²) in [6.45, 7) is 3.44. The number of ether oxygens (including phenoxy) is 1. The molecule has 0 radical (unpaired) electrons. The second kappa shape index (κ2) is 7.80. The van der Waals surface area contributed by atoms with E-state index in [0.717, 1.165) is 29.0 Å². The van der Waals surface area contributed by atoms with Crippen LogP contribution in [0.15, 0.2) is 18.2 Å². The number of hydrogen-bond donors (Lipinski definition) is 0. The molecule has 0 aliphatic carbocycles. The topological polar surface area (TPSA) is 44.1 Å². The molecular formula is C15H21ClN2O2S. The first-order valence-corrected chi connectivity index (χ1v) is 9.40. The maximum atomic E-state index is 11.4. The zero-order valence-electron chi connectivity index (χ0n) is 12.5. The van der Waals surface area contributed by atoms with Crippen molar-refractivity contribution in [3.8, 4) is 5.75 Å². The van der Waals surface area contributed by atoms with E-state index in [1.807, 2.05) is 18.2 Å². The van der Waals surface area contributed by atoms with Crippen LogP contribution in [0.4, 0.5) is 0 Å². The Labute approximate surface area is 132 Å². The Kier molecular flexibility index (Phi) is 6.06. The maximum absolute atomic E-state index is 11.4. The van der Waals surface area contributed by atoms with Crippen LogP contribution in [0.25, 0.3) is 11.0 Å². The van der Waals surface area contributed by atoms with Gasteiger partial charge >= 0.3 is 0 Å². The summed E-state index contributed by atoms with van der Waals surface area (Å²) >= 11 is 5.88. The van der Waals surface area contributed by atoms with Crippen LogP contribution in [0.3, 0.4) is 0 Å². The molecule has 21 heavy (non-hydrogen) atoms. The van der Waals surface area contributed by atoms with Crippen molar-refractivity contribution in [1.82, 2.24) is 9.55 Å². The Morgan fingerprint density at radius 2 is 2.24 bits per heavy atom. The third kappa shape index (κ3) is 3.98. The molecule has 0 amide bonds. The molecule has 0 aliphatic heterocycles. The molecule has 0 bridgehead atoms. The highest BCUT2D eigenvalue weighted by molar-refractivity contribution is 7.84. The number of rotatable bonds is 8. The van der Waals surface area contributed by atoms with Crippen molar-refractivity contribution in [1.29, 1.82) is 0 Å². The summed E-state index contributed by atoms with van der Waals surface area (Å²) in [6, 6.07) is 5.94. The van der Waals surface area contributed by atoms with Gasteiger partial charge in [0.15, 0.2) is 0 Å². The van der Waals surface area contributed by atoms with Gasteiger partial charge in [0.05, 0.1) is 12.1 Å². The van der Waals surface area contributed by atoms with Crippen molar-refractivity contribution >= 4 is 33.4 Å². The number of nitrogens with zero attached hydrogens (tertiary/aromatic N) is 2. The lowest BCUT2D eigenvalue weighted by Gasteiger charge is -2.08. The minimum absolute atomic E-state index is 0.518. The number of alkyl halides is 1. The summed E-state index contributed by atoms with van der Waals surface area (Å²) < 4.78 is 19.3. The highest BCUT2D eigenvalue weighted by atomic mass is 35.5. The van der Waals surface area contributed by atoms with Gasteiger partial charge in [-0.25, -0.2) is 4.98 Å². The van der Waals surface area contributed by atoms with E-state index in [2.05, 4.69) is 16.5 Å². The fraction of sp³-hybridized carbons (Fsp3) is 0.533. The van der Waals surface area contributed by atoms with Crippen LogP contribution in [0, 0.1) is 0 Å². The fourth-order valence-electron chi connectivity index (χ4n) is 2.24. The molecule has 1 aromatic heterocycles. The average Bonchev–Trinajstić information content (AvgIpc) is 2.81. The Morgan fingerprint density at radius 3 is 2.90 bits per heavy atom. The summed E-state index contributed by atoms with van der Waals surface area (Å²) in [5, 5.41) is 0. The predicted molar refractivity (Wildman–Crippen MR) is 88.9 cm³/mol. The van der Waals surface area contributed by atoms with Crippen LogP contribution in [-0.2, 0) is 23.8 Å². The summed E-state index contributed by atoms with van der Waals surface area (Å²) in [5.74, 6) is 2.87. The number of halogens is 1. The summed E-state index contributed by atoms with van der Waals surface area (Å²) in [6.07, 6.45) is 3.37. The van der Waals surface area contributed by atoms with Gasteiger partial charge in [0, 0.05) is 41.7 Å². The van der Waals surface area contributed by atoms with Gasteiger partial charge in [-0.2, -0.15) is 0 Å². The highest BCUT2D eigenvalue weighted by Gasteiger charge is 2.14. The first-order valence-electron chi connectivity index (χ1n) is 7.14. The molecular weight excluding hydrogens is 308 g/mol. The Bertz CT molecular complexity index is 627. The molecule has 0 N–H and O–H groups in total. The van der Waals surface area contributed by atoms with E-state index in [9.17, 15) is 4.21 Å². The largest absolute Gasteiger partial charge is 0.491 e. The van der Waals surface area contributed by atoms with Crippen molar-refractivity contribution in [2.24, 2.45) is 0 Å². The molecule has 0 fully saturated rings. The second-order valence-corrected chi connectivity index (χ2v) is 6.80. The number of fused-ring (bicyclic) bond motifs is 1. The van der Waals surface area contributed by atoms with Crippen molar-refractivity contribution < 1.29 is 8.95 Å². The molecule has 1 atom stereocenters. The van der Waals surface area contributed by atoms with Crippen LogP contribution in [0.5, 0.6) is 5.75 Å². The molecule has 1 heterocycles. The van der Waals surface area contributed by atoms with Crippen LogP contribution in [0.2, 0.25) is 0 Å². The summed E-state index contributed by atoms with van der Waals surface area (Å²) in [7, 11) is -0.828. The van der Waals surface area contributed by atoms with E-state index >= 15 is 0 Å². The molecule has 6 heteroatoms. The van der Waals surface area contributed by atoms with Crippen LogP contribution in [0.1, 0.15) is 19.2 Å². The fourth-order valence-corrected chi connectivity index (χ4v) is 2.85. The van der Waals surface area contributed by atoms with Gasteiger partial charge in [0.2, 0.25) is 0 Å². The molecule has 2 rings (SSSR count). The number of aryl methyl sites for hydroxylation is 2. The maximum Gasteiger partial charge on any atom is 0.147 e. The molecule has 1 aromatic carbocycles. The summed E-state index contributed by atoms with van der Waals surface area (Å²) in [5.41, 5.74) is 1.89.